The summed E-state index contributed by atoms with van der Waals surface area (Å²) in [4.78, 5) is 0. The maximum atomic E-state index is 13.3. The normalized spacial score (nSPS) is 10.1. The van der Waals surface area contributed by atoms with Gasteiger partial charge >= 0.3 is 0 Å². The number of halogens is 3. The zero-order chi connectivity index (χ0) is 11.4. The largest absolute Gasteiger partial charge is 0.482 e. The zero-order valence-corrected chi connectivity index (χ0v) is 8.65. The maximum absolute atomic E-state index is 13.3. The van der Waals surface area contributed by atoms with E-state index in [4.69, 9.17) is 22.1 Å². The van der Waals surface area contributed by atoms with E-state index in [1.54, 1.807) is 0 Å². The lowest BCUT2D eigenvalue weighted by Gasteiger charge is -2.08. The average molecular weight is 234 g/mol. The van der Waals surface area contributed by atoms with Crippen LogP contribution in [0.5, 0.6) is 5.75 Å². The third kappa shape index (κ3) is 3.18. The van der Waals surface area contributed by atoms with E-state index in [1.165, 1.54) is 0 Å². The molecule has 0 aliphatic rings. The minimum absolute atomic E-state index is 0.0658. The third-order valence-corrected chi connectivity index (χ3v) is 1.78. The Morgan fingerprint density at radius 1 is 1.40 bits per heavy atom. The highest BCUT2D eigenvalue weighted by atomic mass is 35.5. The molecule has 0 saturated carbocycles. The molecule has 5 heteroatoms. The van der Waals surface area contributed by atoms with Crippen LogP contribution in [-0.4, -0.2) is 6.61 Å². The third-order valence-electron chi connectivity index (χ3n) is 1.67. The molecule has 82 valence electrons. The van der Waals surface area contributed by atoms with Crippen LogP contribution in [0.15, 0.2) is 23.7 Å². The monoisotopic (exact) mass is 233 g/mol. The molecule has 0 spiro atoms. The van der Waals surface area contributed by atoms with Crippen molar-refractivity contribution in [2.75, 3.05) is 6.61 Å². The first kappa shape index (κ1) is 11.9. The molecule has 0 aliphatic heterocycles. The zero-order valence-electron chi connectivity index (χ0n) is 7.90. The van der Waals surface area contributed by atoms with Crippen LogP contribution in [-0.2, 0) is 6.54 Å². The Morgan fingerprint density at radius 3 is 2.33 bits per heavy atom. The Kier molecular flexibility index (Phi) is 4.05. The molecule has 2 nitrogen and oxygen atoms in total. The Morgan fingerprint density at radius 2 is 1.93 bits per heavy atom. The summed E-state index contributed by atoms with van der Waals surface area (Å²) >= 11 is 5.41. The molecular formula is C10H10ClF2NO. The second-order valence-corrected chi connectivity index (χ2v) is 3.43. The lowest BCUT2D eigenvalue weighted by molar-refractivity contribution is 0.317. The van der Waals surface area contributed by atoms with Crippen LogP contribution < -0.4 is 10.5 Å². The molecule has 15 heavy (non-hydrogen) atoms. The fourth-order valence-electron chi connectivity index (χ4n) is 1.02. The molecule has 0 bridgehead atoms. The van der Waals surface area contributed by atoms with Crippen molar-refractivity contribution in [3.63, 3.8) is 0 Å². The van der Waals surface area contributed by atoms with Crippen molar-refractivity contribution >= 4 is 11.6 Å². The summed E-state index contributed by atoms with van der Waals surface area (Å²) in [6.45, 7) is 3.26. The van der Waals surface area contributed by atoms with Gasteiger partial charge in [0.15, 0.2) is 17.4 Å². The van der Waals surface area contributed by atoms with E-state index in [-0.39, 0.29) is 18.2 Å². The highest BCUT2D eigenvalue weighted by Gasteiger charge is 2.12. The predicted molar refractivity (Wildman–Crippen MR) is 54.7 cm³/mol. The number of ether oxygens (including phenoxy) is 1. The summed E-state index contributed by atoms with van der Waals surface area (Å²) in [7, 11) is 0. The van der Waals surface area contributed by atoms with Gasteiger partial charge in [0.05, 0.1) is 0 Å². The Labute approximate surface area is 91.3 Å². The van der Waals surface area contributed by atoms with E-state index in [9.17, 15) is 8.78 Å². The molecule has 0 fully saturated rings. The molecule has 0 atom stereocenters. The predicted octanol–water partition coefficient (Wildman–Crippen LogP) is 2.55. The second-order valence-electron chi connectivity index (χ2n) is 2.90. The highest BCUT2D eigenvalue weighted by molar-refractivity contribution is 6.29. The van der Waals surface area contributed by atoms with Gasteiger partial charge in [-0.1, -0.05) is 18.2 Å². The number of nitrogens with two attached hydrogens (primary N) is 1. The van der Waals surface area contributed by atoms with E-state index in [0.717, 1.165) is 12.1 Å². The quantitative estimate of drug-likeness (QED) is 0.868. The van der Waals surface area contributed by atoms with Crippen LogP contribution in [0.3, 0.4) is 0 Å². The topological polar surface area (TPSA) is 35.2 Å². The van der Waals surface area contributed by atoms with Crippen molar-refractivity contribution in [2.45, 2.75) is 6.54 Å². The van der Waals surface area contributed by atoms with Gasteiger partial charge < -0.3 is 10.5 Å². The number of benzene rings is 1. The van der Waals surface area contributed by atoms with Gasteiger partial charge in [0.25, 0.3) is 0 Å². The van der Waals surface area contributed by atoms with E-state index in [2.05, 4.69) is 6.58 Å². The molecule has 0 amide bonds. The van der Waals surface area contributed by atoms with Crippen molar-refractivity contribution in [2.24, 2.45) is 5.73 Å². The van der Waals surface area contributed by atoms with Crippen molar-refractivity contribution in [3.05, 3.63) is 40.9 Å². The van der Waals surface area contributed by atoms with Gasteiger partial charge in [0.1, 0.15) is 6.61 Å². The standard InChI is InChI=1S/C10H10ClF2NO/c1-6(11)5-15-10-8(12)2-7(4-14)3-9(10)13/h2-3H,1,4-5,14H2. The average Bonchev–Trinajstić information content (AvgIpc) is 2.15. The molecule has 0 heterocycles. The second kappa shape index (κ2) is 5.09. The van der Waals surface area contributed by atoms with Crippen molar-refractivity contribution in [1.29, 1.82) is 0 Å². The molecule has 0 saturated heterocycles. The molecule has 1 aromatic rings. The van der Waals surface area contributed by atoms with E-state index in [1.807, 2.05) is 0 Å². The van der Waals surface area contributed by atoms with Gasteiger partial charge in [-0.2, -0.15) is 0 Å². The molecule has 1 aromatic carbocycles. The molecule has 0 unspecified atom stereocenters. The summed E-state index contributed by atoms with van der Waals surface area (Å²) in [5.74, 6) is -2.06. The van der Waals surface area contributed by atoms with E-state index >= 15 is 0 Å². The van der Waals surface area contributed by atoms with Crippen LogP contribution in [0.2, 0.25) is 0 Å². The van der Waals surface area contributed by atoms with Gasteiger partial charge in [-0.3, -0.25) is 0 Å². The number of hydrogen-bond acceptors (Lipinski definition) is 2. The first-order valence-corrected chi connectivity index (χ1v) is 4.56. The van der Waals surface area contributed by atoms with E-state index in [0.29, 0.717) is 5.56 Å². The first-order valence-electron chi connectivity index (χ1n) is 4.18. The summed E-state index contributed by atoms with van der Waals surface area (Å²) in [6.07, 6.45) is 0. The van der Waals surface area contributed by atoms with Crippen LogP contribution in [0.25, 0.3) is 0 Å². The fourth-order valence-corrected chi connectivity index (χ4v) is 1.07. The molecule has 0 aliphatic carbocycles. The summed E-state index contributed by atoms with van der Waals surface area (Å²) in [5, 5.41) is 0.164. The van der Waals surface area contributed by atoms with Crippen molar-refractivity contribution in [3.8, 4) is 5.75 Å². The van der Waals surface area contributed by atoms with Crippen LogP contribution in [0.4, 0.5) is 8.78 Å². The van der Waals surface area contributed by atoms with Crippen LogP contribution in [0.1, 0.15) is 5.56 Å². The van der Waals surface area contributed by atoms with Crippen LogP contribution in [0, 0.1) is 11.6 Å². The molecule has 0 aromatic heterocycles. The lowest BCUT2D eigenvalue weighted by Crippen LogP contribution is -2.04. The lowest BCUT2D eigenvalue weighted by atomic mass is 10.2. The van der Waals surface area contributed by atoms with Gasteiger partial charge in [0.2, 0.25) is 0 Å². The Balaban J connectivity index is 2.92. The molecule has 2 N–H and O–H groups in total. The van der Waals surface area contributed by atoms with Crippen molar-refractivity contribution < 1.29 is 13.5 Å². The van der Waals surface area contributed by atoms with Gasteiger partial charge in [-0.25, -0.2) is 8.78 Å². The summed E-state index contributed by atoms with van der Waals surface area (Å²) in [5.41, 5.74) is 5.61. The fraction of sp³-hybridized carbons (Fsp3) is 0.200. The summed E-state index contributed by atoms with van der Waals surface area (Å²) < 4.78 is 31.3. The smallest absolute Gasteiger partial charge is 0.191 e. The van der Waals surface area contributed by atoms with Gasteiger partial charge in [-0.05, 0) is 17.7 Å². The Bertz CT molecular complexity index is 359. The number of hydrogen-bond donors (Lipinski definition) is 1. The number of rotatable bonds is 4. The maximum Gasteiger partial charge on any atom is 0.191 e. The minimum Gasteiger partial charge on any atom is -0.482 e. The van der Waals surface area contributed by atoms with Gasteiger partial charge in [-0.15, -0.1) is 0 Å². The molecule has 1 rings (SSSR count). The molecule has 0 radical (unpaired) electrons. The van der Waals surface area contributed by atoms with E-state index < -0.39 is 17.4 Å². The first-order chi connectivity index (χ1) is 7.04. The van der Waals surface area contributed by atoms with Gasteiger partial charge in [0, 0.05) is 11.6 Å². The van der Waals surface area contributed by atoms with Crippen molar-refractivity contribution in [1.82, 2.24) is 0 Å². The van der Waals surface area contributed by atoms with Crippen LogP contribution >= 0.6 is 11.6 Å². The minimum atomic E-state index is -0.798. The summed E-state index contributed by atoms with van der Waals surface area (Å²) in [6, 6.07) is 2.24. The molecular weight excluding hydrogens is 224 g/mol. The SMILES string of the molecule is C=C(Cl)COc1c(F)cc(CN)cc1F. The highest BCUT2D eigenvalue weighted by Crippen LogP contribution is 2.23. The Hall–Kier alpha value is -1.13.